The lowest BCUT2D eigenvalue weighted by atomic mass is 10.1. The Morgan fingerprint density at radius 2 is 1.89 bits per heavy atom. The second kappa shape index (κ2) is 5.20. The van der Waals surface area contributed by atoms with Gasteiger partial charge in [-0.2, -0.15) is 0 Å². The maximum Gasteiger partial charge on any atom is 0.250 e. The molecule has 0 radical (unpaired) electrons. The van der Waals surface area contributed by atoms with E-state index < -0.39 is 5.91 Å². The van der Waals surface area contributed by atoms with Crippen LogP contribution < -0.4 is 16.8 Å². The number of anilines is 3. The van der Waals surface area contributed by atoms with Crippen molar-refractivity contribution < 1.29 is 4.79 Å². The van der Waals surface area contributed by atoms with Gasteiger partial charge in [-0.25, -0.2) is 0 Å². The van der Waals surface area contributed by atoms with E-state index in [1.807, 2.05) is 19.1 Å². The third-order valence-corrected chi connectivity index (χ3v) is 3.03. The summed E-state index contributed by atoms with van der Waals surface area (Å²) in [6, 6.07) is 10.5. The Balaban J connectivity index is 2.43. The molecule has 2 rings (SSSR count). The fourth-order valence-corrected chi connectivity index (χ4v) is 1.92. The summed E-state index contributed by atoms with van der Waals surface area (Å²) in [6.07, 6.45) is 0. The molecule has 2 aromatic rings. The highest BCUT2D eigenvalue weighted by molar-refractivity contribution is 6.33. The third kappa shape index (κ3) is 2.98. The summed E-state index contributed by atoms with van der Waals surface area (Å²) in [5.41, 5.74) is 14.2. The predicted molar refractivity (Wildman–Crippen MR) is 78.8 cm³/mol. The molecule has 0 spiro atoms. The number of nitrogens with two attached hydrogens (primary N) is 2. The molecule has 0 bridgehead atoms. The van der Waals surface area contributed by atoms with Crippen molar-refractivity contribution in [3.05, 3.63) is 52.5 Å². The number of rotatable bonds is 3. The summed E-state index contributed by atoms with van der Waals surface area (Å²) in [6.45, 7) is 1.96. The van der Waals surface area contributed by atoms with Crippen LogP contribution in [0.15, 0.2) is 36.4 Å². The molecule has 0 aliphatic carbocycles. The van der Waals surface area contributed by atoms with E-state index in [2.05, 4.69) is 5.32 Å². The standard InChI is InChI=1S/C14H14ClN3O/c1-8-2-4-11(15)13(6-8)18-12-5-3-9(16)7-10(12)14(17)19/h2-7,18H,16H2,1H3,(H2,17,19). The monoisotopic (exact) mass is 275 g/mol. The number of nitrogens with one attached hydrogen (secondary N) is 1. The summed E-state index contributed by atoms with van der Waals surface area (Å²) in [5, 5.41) is 3.67. The van der Waals surface area contributed by atoms with E-state index >= 15 is 0 Å². The molecule has 19 heavy (non-hydrogen) atoms. The molecular weight excluding hydrogens is 262 g/mol. The Morgan fingerprint density at radius 1 is 1.16 bits per heavy atom. The molecule has 0 unspecified atom stereocenters. The van der Waals surface area contributed by atoms with Gasteiger partial charge in [0.15, 0.2) is 0 Å². The van der Waals surface area contributed by atoms with Crippen LogP contribution in [-0.4, -0.2) is 5.91 Å². The first-order valence-corrected chi connectivity index (χ1v) is 6.07. The topological polar surface area (TPSA) is 81.1 Å². The number of hydrogen-bond donors (Lipinski definition) is 3. The predicted octanol–water partition coefficient (Wildman–Crippen LogP) is 3.07. The number of carbonyl (C=O) groups excluding carboxylic acids is 1. The van der Waals surface area contributed by atoms with Crippen molar-refractivity contribution in [2.45, 2.75) is 6.92 Å². The van der Waals surface area contributed by atoms with E-state index in [1.165, 1.54) is 6.07 Å². The van der Waals surface area contributed by atoms with E-state index in [1.54, 1.807) is 18.2 Å². The van der Waals surface area contributed by atoms with Gasteiger partial charge in [-0.3, -0.25) is 4.79 Å². The number of benzene rings is 2. The van der Waals surface area contributed by atoms with Crippen LogP contribution >= 0.6 is 11.6 Å². The Morgan fingerprint density at radius 3 is 2.58 bits per heavy atom. The van der Waals surface area contributed by atoms with Gasteiger partial charge < -0.3 is 16.8 Å². The lowest BCUT2D eigenvalue weighted by Crippen LogP contribution is -2.13. The van der Waals surface area contributed by atoms with Crippen LogP contribution in [0.2, 0.25) is 5.02 Å². The second-order valence-electron chi connectivity index (χ2n) is 4.28. The summed E-state index contributed by atoms with van der Waals surface area (Å²) in [5.74, 6) is -0.543. The molecule has 0 saturated heterocycles. The van der Waals surface area contributed by atoms with Crippen molar-refractivity contribution in [3.63, 3.8) is 0 Å². The van der Waals surface area contributed by atoms with Crippen LogP contribution in [-0.2, 0) is 0 Å². The maximum atomic E-state index is 11.4. The number of nitrogen functional groups attached to an aromatic ring is 1. The Bertz CT molecular complexity index is 641. The maximum absolute atomic E-state index is 11.4. The van der Waals surface area contributed by atoms with Crippen LogP contribution in [0.5, 0.6) is 0 Å². The smallest absolute Gasteiger partial charge is 0.250 e. The van der Waals surface area contributed by atoms with E-state index in [0.29, 0.717) is 27.6 Å². The van der Waals surface area contributed by atoms with Gasteiger partial charge in [-0.1, -0.05) is 17.7 Å². The van der Waals surface area contributed by atoms with Gasteiger partial charge >= 0.3 is 0 Å². The number of halogens is 1. The molecular formula is C14H14ClN3O. The zero-order chi connectivity index (χ0) is 14.0. The normalized spacial score (nSPS) is 10.2. The van der Waals surface area contributed by atoms with Gasteiger partial charge in [-0.05, 0) is 42.8 Å². The van der Waals surface area contributed by atoms with Crippen LogP contribution in [0.3, 0.4) is 0 Å². The van der Waals surface area contributed by atoms with Crippen molar-refractivity contribution in [2.24, 2.45) is 5.73 Å². The lowest BCUT2D eigenvalue weighted by molar-refractivity contribution is 0.100. The van der Waals surface area contributed by atoms with Crippen molar-refractivity contribution >= 4 is 34.6 Å². The first-order chi connectivity index (χ1) is 8.97. The number of carbonyl (C=O) groups is 1. The largest absolute Gasteiger partial charge is 0.399 e. The molecule has 0 heterocycles. The molecule has 0 atom stereocenters. The average molecular weight is 276 g/mol. The SMILES string of the molecule is Cc1ccc(Cl)c(Nc2ccc(N)cc2C(N)=O)c1. The minimum atomic E-state index is -0.543. The fraction of sp³-hybridized carbons (Fsp3) is 0.0714. The molecule has 0 aliphatic rings. The van der Waals surface area contributed by atoms with Crippen molar-refractivity contribution in [3.8, 4) is 0 Å². The molecule has 0 saturated carbocycles. The van der Waals surface area contributed by atoms with Crippen LogP contribution in [0.1, 0.15) is 15.9 Å². The Kier molecular flexibility index (Phi) is 3.62. The molecule has 5 N–H and O–H groups in total. The molecule has 98 valence electrons. The lowest BCUT2D eigenvalue weighted by Gasteiger charge is -2.12. The van der Waals surface area contributed by atoms with E-state index in [0.717, 1.165) is 5.56 Å². The minimum Gasteiger partial charge on any atom is -0.399 e. The van der Waals surface area contributed by atoms with Crippen LogP contribution in [0.4, 0.5) is 17.1 Å². The minimum absolute atomic E-state index is 0.331. The van der Waals surface area contributed by atoms with Gasteiger partial charge in [0.1, 0.15) is 0 Å². The Labute approximate surface area is 116 Å². The van der Waals surface area contributed by atoms with Gasteiger partial charge in [0.2, 0.25) is 0 Å². The van der Waals surface area contributed by atoms with Gasteiger partial charge in [0.05, 0.1) is 22.0 Å². The van der Waals surface area contributed by atoms with Gasteiger partial charge in [0, 0.05) is 5.69 Å². The number of aryl methyl sites for hydroxylation is 1. The second-order valence-corrected chi connectivity index (χ2v) is 4.68. The van der Waals surface area contributed by atoms with Gasteiger partial charge in [-0.15, -0.1) is 0 Å². The van der Waals surface area contributed by atoms with Crippen LogP contribution in [0, 0.1) is 6.92 Å². The molecule has 5 heteroatoms. The molecule has 1 amide bonds. The van der Waals surface area contributed by atoms with E-state index in [-0.39, 0.29) is 0 Å². The summed E-state index contributed by atoms with van der Waals surface area (Å²) in [4.78, 5) is 11.4. The summed E-state index contributed by atoms with van der Waals surface area (Å²) < 4.78 is 0. The zero-order valence-electron chi connectivity index (χ0n) is 10.4. The molecule has 0 aromatic heterocycles. The third-order valence-electron chi connectivity index (χ3n) is 2.70. The molecule has 0 fully saturated rings. The quantitative estimate of drug-likeness (QED) is 0.753. The summed E-state index contributed by atoms with van der Waals surface area (Å²) >= 11 is 6.11. The number of hydrogen-bond acceptors (Lipinski definition) is 3. The molecule has 4 nitrogen and oxygen atoms in total. The van der Waals surface area contributed by atoms with Crippen LogP contribution in [0.25, 0.3) is 0 Å². The summed E-state index contributed by atoms with van der Waals surface area (Å²) in [7, 11) is 0. The highest BCUT2D eigenvalue weighted by Crippen LogP contribution is 2.28. The van der Waals surface area contributed by atoms with E-state index in [4.69, 9.17) is 23.1 Å². The zero-order valence-corrected chi connectivity index (χ0v) is 11.2. The highest BCUT2D eigenvalue weighted by Gasteiger charge is 2.10. The number of primary amides is 1. The first-order valence-electron chi connectivity index (χ1n) is 5.70. The average Bonchev–Trinajstić information content (AvgIpc) is 2.35. The highest BCUT2D eigenvalue weighted by atomic mass is 35.5. The van der Waals surface area contributed by atoms with Crippen molar-refractivity contribution in [1.82, 2.24) is 0 Å². The number of amides is 1. The molecule has 0 aliphatic heterocycles. The Hall–Kier alpha value is -2.20. The van der Waals surface area contributed by atoms with E-state index in [9.17, 15) is 4.79 Å². The first kappa shape index (κ1) is 13.2. The molecule has 2 aromatic carbocycles. The van der Waals surface area contributed by atoms with Crippen molar-refractivity contribution in [2.75, 3.05) is 11.1 Å². The van der Waals surface area contributed by atoms with Gasteiger partial charge in [0.25, 0.3) is 5.91 Å². The fourth-order valence-electron chi connectivity index (χ4n) is 1.75. The van der Waals surface area contributed by atoms with Crippen molar-refractivity contribution in [1.29, 1.82) is 0 Å².